The number of nitrogens with zero attached hydrogens (tertiary/aromatic N) is 3. The molecule has 21 heavy (non-hydrogen) atoms. The molecule has 0 unspecified atom stereocenters. The lowest BCUT2D eigenvalue weighted by molar-refractivity contribution is -0.121. The van der Waals surface area contributed by atoms with Gasteiger partial charge in [0.1, 0.15) is 0 Å². The van der Waals surface area contributed by atoms with E-state index in [2.05, 4.69) is 15.5 Å². The molecule has 112 valence electrons. The lowest BCUT2D eigenvalue weighted by Crippen LogP contribution is -2.31. The van der Waals surface area contributed by atoms with Crippen LogP contribution >= 0.6 is 0 Å². The number of amides is 1. The van der Waals surface area contributed by atoms with Crippen LogP contribution in [0.25, 0.3) is 11.5 Å². The van der Waals surface area contributed by atoms with Crippen LogP contribution in [0.4, 0.5) is 0 Å². The van der Waals surface area contributed by atoms with Crippen LogP contribution in [0.15, 0.2) is 34.7 Å². The highest BCUT2D eigenvalue weighted by Gasteiger charge is 2.10. The molecule has 0 aliphatic rings. The molecule has 0 bridgehead atoms. The average Bonchev–Trinajstić information content (AvgIpc) is 2.94. The summed E-state index contributed by atoms with van der Waals surface area (Å²) in [5.74, 6) is 0.964. The van der Waals surface area contributed by atoms with Crippen LogP contribution < -0.4 is 5.32 Å². The molecule has 6 nitrogen and oxygen atoms in total. The van der Waals surface area contributed by atoms with Crippen molar-refractivity contribution in [2.45, 2.75) is 12.8 Å². The highest BCUT2D eigenvalue weighted by Crippen LogP contribution is 2.17. The minimum Gasteiger partial charge on any atom is -0.421 e. The van der Waals surface area contributed by atoms with Crippen molar-refractivity contribution in [3.8, 4) is 11.5 Å². The average molecular weight is 288 g/mol. The van der Waals surface area contributed by atoms with E-state index in [0.717, 1.165) is 12.1 Å². The number of aryl methyl sites for hydroxylation is 1. The van der Waals surface area contributed by atoms with E-state index < -0.39 is 0 Å². The maximum atomic E-state index is 11.7. The van der Waals surface area contributed by atoms with E-state index in [1.54, 1.807) is 0 Å². The van der Waals surface area contributed by atoms with Crippen LogP contribution in [0.3, 0.4) is 0 Å². The van der Waals surface area contributed by atoms with Gasteiger partial charge in [-0.3, -0.25) is 4.79 Å². The van der Waals surface area contributed by atoms with Crippen LogP contribution in [0.2, 0.25) is 0 Å². The first-order valence-electron chi connectivity index (χ1n) is 6.94. The summed E-state index contributed by atoms with van der Waals surface area (Å²) in [7, 11) is 3.94. The molecule has 1 heterocycles. The van der Waals surface area contributed by atoms with Crippen molar-refractivity contribution >= 4 is 5.91 Å². The number of hydrogen-bond donors (Lipinski definition) is 1. The second-order valence-corrected chi connectivity index (χ2v) is 5.02. The Labute approximate surface area is 124 Å². The predicted molar refractivity (Wildman–Crippen MR) is 79.6 cm³/mol. The third kappa shape index (κ3) is 5.00. The molecular weight excluding hydrogens is 268 g/mol. The maximum absolute atomic E-state index is 11.7. The Kier molecular flexibility index (Phi) is 5.45. The Morgan fingerprint density at radius 3 is 2.71 bits per heavy atom. The molecule has 0 aliphatic heterocycles. The number of carbonyl (C=O) groups is 1. The minimum atomic E-state index is -0.00342. The summed E-state index contributed by atoms with van der Waals surface area (Å²) in [6.45, 7) is 1.47. The van der Waals surface area contributed by atoms with Crippen molar-refractivity contribution in [3.63, 3.8) is 0 Å². The fraction of sp³-hybridized carbons (Fsp3) is 0.400. The molecule has 0 saturated carbocycles. The lowest BCUT2D eigenvalue weighted by Gasteiger charge is -2.09. The van der Waals surface area contributed by atoms with E-state index in [9.17, 15) is 4.79 Å². The summed E-state index contributed by atoms with van der Waals surface area (Å²) < 4.78 is 5.55. The summed E-state index contributed by atoms with van der Waals surface area (Å²) >= 11 is 0. The van der Waals surface area contributed by atoms with Gasteiger partial charge in [-0.1, -0.05) is 18.2 Å². The van der Waals surface area contributed by atoms with Gasteiger partial charge < -0.3 is 14.6 Å². The summed E-state index contributed by atoms with van der Waals surface area (Å²) in [4.78, 5) is 13.7. The normalized spacial score (nSPS) is 10.8. The summed E-state index contributed by atoms with van der Waals surface area (Å²) in [6, 6.07) is 9.57. The Morgan fingerprint density at radius 2 is 2.00 bits per heavy atom. The highest BCUT2D eigenvalue weighted by atomic mass is 16.4. The largest absolute Gasteiger partial charge is 0.421 e. The van der Waals surface area contributed by atoms with Gasteiger partial charge in [0, 0.05) is 31.5 Å². The van der Waals surface area contributed by atoms with Crippen molar-refractivity contribution in [2.75, 3.05) is 27.2 Å². The van der Waals surface area contributed by atoms with E-state index in [4.69, 9.17) is 4.42 Å². The molecule has 2 aromatic rings. The number of hydrogen-bond acceptors (Lipinski definition) is 5. The molecule has 0 saturated heterocycles. The monoisotopic (exact) mass is 288 g/mol. The minimum absolute atomic E-state index is 0.00342. The van der Waals surface area contributed by atoms with Crippen LogP contribution in [-0.4, -0.2) is 48.2 Å². The molecule has 2 rings (SSSR count). The molecule has 0 spiro atoms. The van der Waals surface area contributed by atoms with Gasteiger partial charge in [0.15, 0.2) is 0 Å². The van der Waals surface area contributed by atoms with Gasteiger partial charge in [0.05, 0.1) is 0 Å². The smallest absolute Gasteiger partial charge is 0.247 e. The van der Waals surface area contributed by atoms with E-state index in [1.165, 1.54) is 0 Å². The van der Waals surface area contributed by atoms with Crippen molar-refractivity contribution in [1.29, 1.82) is 0 Å². The van der Waals surface area contributed by atoms with Crippen molar-refractivity contribution < 1.29 is 9.21 Å². The van der Waals surface area contributed by atoms with Crippen molar-refractivity contribution in [1.82, 2.24) is 20.4 Å². The summed E-state index contributed by atoms with van der Waals surface area (Å²) in [5, 5.41) is 10.8. The molecule has 1 N–H and O–H groups in total. The molecule has 0 atom stereocenters. The van der Waals surface area contributed by atoms with E-state index >= 15 is 0 Å². The lowest BCUT2D eigenvalue weighted by atomic mass is 10.2. The summed E-state index contributed by atoms with van der Waals surface area (Å²) in [6.07, 6.45) is 0.803. The third-order valence-corrected chi connectivity index (χ3v) is 2.93. The van der Waals surface area contributed by atoms with Gasteiger partial charge in [0.25, 0.3) is 0 Å². The van der Waals surface area contributed by atoms with Gasteiger partial charge in [-0.05, 0) is 26.2 Å². The number of likely N-dealkylation sites (N-methyl/N-ethyl adjacent to an activating group) is 1. The third-order valence-electron chi connectivity index (χ3n) is 2.93. The quantitative estimate of drug-likeness (QED) is 0.832. The Hall–Kier alpha value is -2.21. The number of benzene rings is 1. The van der Waals surface area contributed by atoms with Crippen LogP contribution in [0, 0.1) is 0 Å². The van der Waals surface area contributed by atoms with Crippen molar-refractivity contribution in [2.24, 2.45) is 0 Å². The number of aromatic nitrogens is 2. The van der Waals surface area contributed by atoms with Gasteiger partial charge in [-0.2, -0.15) is 0 Å². The van der Waals surface area contributed by atoms with E-state index in [0.29, 0.717) is 31.2 Å². The van der Waals surface area contributed by atoms with Crippen molar-refractivity contribution in [3.05, 3.63) is 36.2 Å². The van der Waals surface area contributed by atoms with Crippen LogP contribution in [0.1, 0.15) is 12.3 Å². The van der Waals surface area contributed by atoms with Gasteiger partial charge >= 0.3 is 0 Å². The number of carbonyl (C=O) groups excluding carboxylic acids is 1. The zero-order valence-electron chi connectivity index (χ0n) is 12.4. The Balaban J connectivity index is 1.79. The van der Waals surface area contributed by atoms with Crippen LogP contribution in [0.5, 0.6) is 0 Å². The maximum Gasteiger partial charge on any atom is 0.247 e. The van der Waals surface area contributed by atoms with Gasteiger partial charge in [-0.15, -0.1) is 10.2 Å². The molecule has 1 aromatic carbocycles. The molecule has 0 fully saturated rings. The Morgan fingerprint density at radius 1 is 1.24 bits per heavy atom. The SMILES string of the molecule is CN(C)CCNC(=O)CCc1nnc(-c2ccccc2)o1. The molecule has 0 aliphatic carbocycles. The van der Waals surface area contributed by atoms with Gasteiger partial charge in [0.2, 0.25) is 17.7 Å². The zero-order chi connectivity index (χ0) is 15.1. The fourth-order valence-corrected chi connectivity index (χ4v) is 1.78. The zero-order valence-corrected chi connectivity index (χ0v) is 12.4. The molecule has 1 amide bonds. The Bertz CT molecular complexity index is 566. The number of rotatable bonds is 7. The van der Waals surface area contributed by atoms with E-state index in [-0.39, 0.29) is 5.91 Å². The first-order chi connectivity index (χ1) is 10.1. The molecular formula is C15H20N4O2. The first-order valence-corrected chi connectivity index (χ1v) is 6.94. The topological polar surface area (TPSA) is 71.3 Å². The molecule has 0 radical (unpaired) electrons. The highest BCUT2D eigenvalue weighted by molar-refractivity contribution is 5.76. The second kappa shape index (κ2) is 7.54. The molecule has 1 aromatic heterocycles. The standard InChI is InChI=1S/C15H20N4O2/c1-19(2)11-10-16-13(20)8-9-14-17-18-15(21-14)12-6-4-3-5-7-12/h3-7H,8-11H2,1-2H3,(H,16,20). The second-order valence-electron chi connectivity index (χ2n) is 5.02. The first kappa shape index (κ1) is 15.2. The fourth-order valence-electron chi connectivity index (χ4n) is 1.78. The molecule has 6 heteroatoms. The van der Waals surface area contributed by atoms with E-state index in [1.807, 2.05) is 49.3 Å². The number of nitrogens with one attached hydrogen (secondary N) is 1. The van der Waals surface area contributed by atoms with Gasteiger partial charge in [-0.25, -0.2) is 0 Å². The van der Waals surface area contributed by atoms with Crippen LogP contribution in [-0.2, 0) is 11.2 Å². The summed E-state index contributed by atoms with van der Waals surface area (Å²) in [5.41, 5.74) is 0.881. The predicted octanol–water partition coefficient (Wildman–Crippen LogP) is 1.35.